The predicted octanol–water partition coefficient (Wildman–Crippen LogP) is 4.61. The van der Waals surface area contributed by atoms with Gasteiger partial charge >= 0.3 is 0 Å². The summed E-state index contributed by atoms with van der Waals surface area (Å²) >= 11 is 4.70. The zero-order valence-corrected chi connectivity index (χ0v) is 17.1. The number of ether oxygens (including phenoxy) is 3. The van der Waals surface area contributed by atoms with E-state index < -0.39 is 0 Å². The van der Waals surface area contributed by atoms with Crippen LogP contribution in [0.3, 0.4) is 0 Å². The fraction of sp³-hybridized carbons (Fsp3) is 0.158. The second kappa shape index (κ2) is 8.88. The maximum absolute atomic E-state index is 12.1. The number of hydrogen-bond donors (Lipinski definition) is 1. The first kappa shape index (κ1) is 19.2. The molecule has 1 N–H and O–H groups in total. The molecule has 0 saturated carbocycles. The molecule has 0 atom stereocenters. The zero-order valence-electron chi connectivity index (χ0n) is 14.7. The number of aromatic nitrogens is 1. The normalized spacial score (nSPS) is 10.3. The minimum atomic E-state index is -0.275. The Morgan fingerprint density at radius 1 is 1.15 bits per heavy atom. The summed E-state index contributed by atoms with van der Waals surface area (Å²) in [5, 5.41) is 5.11. The van der Waals surface area contributed by atoms with Gasteiger partial charge in [0, 0.05) is 15.4 Å². The maximum atomic E-state index is 12.1. The Morgan fingerprint density at radius 3 is 2.70 bits per heavy atom. The van der Waals surface area contributed by atoms with Crippen molar-refractivity contribution in [3.8, 4) is 28.5 Å². The number of nitrogens with one attached hydrogen (secondary N) is 1. The van der Waals surface area contributed by atoms with Gasteiger partial charge in [-0.15, -0.1) is 11.3 Å². The number of hydrogen-bond acceptors (Lipinski definition) is 6. The van der Waals surface area contributed by atoms with Crippen molar-refractivity contribution in [1.29, 1.82) is 0 Å². The molecule has 6 nitrogen and oxygen atoms in total. The second-order valence-corrected chi connectivity index (χ2v) is 7.18. The monoisotopic (exact) mass is 448 g/mol. The number of halogens is 1. The lowest BCUT2D eigenvalue weighted by molar-refractivity contribution is -0.118. The van der Waals surface area contributed by atoms with Gasteiger partial charge in [0.1, 0.15) is 5.75 Å². The summed E-state index contributed by atoms with van der Waals surface area (Å²) in [6.07, 6.45) is 0. The Balaban J connectivity index is 1.63. The highest BCUT2D eigenvalue weighted by atomic mass is 79.9. The molecule has 0 aliphatic carbocycles. The van der Waals surface area contributed by atoms with E-state index in [2.05, 4.69) is 26.2 Å². The van der Waals surface area contributed by atoms with E-state index in [1.54, 1.807) is 26.4 Å². The van der Waals surface area contributed by atoms with E-state index in [0.29, 0.717) is 22.4 Å². The van der Waals surface area contributed by atoms with Gasteiger partial charge in [0.05, 0.1) is 19.9 Å². The van der Waals surface area contributed by atoms with Crippen LogP contribution in [0, 0.1) is 0 Å². The third-order valence-corrected chi connectivity index (χ3v) is 4.85. The van der Waals surface area contributed by atoms with Crippen molar-refractivity contribution >= 4 is 38.3 Å². The third kappa shape index (κ3) is 4.99. The topological polar surface area (TPSA) is 69.7 Å². The lowest BCUT2D eigenvalue weighted by atomic mass is 10.1. The first-order valence-corrected chi connectivity index (χ1v) is 9.62. The fourth-order valence-corrected chi connectivity index (χ4v) is 3.43. The van der Waals surface area contributed by atoms with Crippen LogP contribution in [-0.4, -0.2) is 31.7 Å². The quantitative estimate of drug-likeness (QED) is 0.571. The molecule has 0 saturated heterocycles. The van der Waals surface area contributed by atoms with E-state index in [9.17, 15) is 4.79 Å². The van der Waals surface area contributed by atoms with Gasteiger partial charge in [0.15, 0.2) is 23.2 Å². The van der Waals surface area contributed by atoms with Crippen molar-refractivity contribution < 1.29 is 19.0 Å². The van der Waals surface area contributed by atoms with Crippen LogP contribution in [0.25, 0.3) is 11.3 Å². The highest BCUT2D eigenvalue weighted by molar-refractivity contribution is 9.10. The van der Waals surface area contributed by atoms with Crippen LogP contribution in [0.4, 0.5) is 5.13 Å². The average Bonchev–Trinajstić information content (AvgIpc) is 3.14. The summed E-state index contributed by atoms with van der Waals surface area (Å²) in [6.45, 7) is -0.0955. The van der Waals surface area contributed by atoms with Gasteiger partial charge in [0.2, 0.25) is 0 Å². The molecule has 3 rings (SSSR count). The summed E-state index contributed by atoms with van der Waals surface area (Å²) in [5.74, 6) is 1.61. The molecule has 1 heterocycles. The van der Waals surface area contributed by atoms with Crippen LogP contribution in [-0.2, 0) is 4.79 Å². The average molecular weight is 449 g/mol. The van der Waals surface area contributed by atoms with E-state index in [4.69, 9.17) is 14.2 Å². The second-order valence-electron chi connectivity index (χ2n) is 5.40. The Labute approximate surface area is 169 Å². The minimum Gasteiger partial charge on any atom is -0.493 e. The van der Waals surface area contributed by atoms with Gasteiger partial charge in [-0.05, 0) is 36.4 Å². The number of carbonyl (C=O) groups excluding carboxylic acids is 1. The summed E-state index contributed by atoms with van der Waals surface area (Å²) in [7, 11) is 3.17. The molecule has 140 valence electrons. The minimum absolute atomic E-state index is 0.0955. The number of thiazole rings is 1. The Bertz CT molecular complexity index is 945. The standard InChI is InChI=1S/C19H17BrN2O4S/c1-24-16-7-6-12(8-17(16)25-2)15-11-27-19(21-15)22-18(23)10-26-14-5-3-4-13(20)9-14/h3-9,11H,10H2,1-2H3,(H,21,22,23). The molecule has 0 bridgehead atoms. The lowest BCUT2D eigenvalue weighted by Gasteiger charge is -2.08. The highest BCUT2D eigenvalue weighted by Crippen LogP contribution is 2.33. The van der Waals surface area contributed by atoms with Crippen molar-refractivity contribution in [2.24, 2.45) is 0 Å². The number of anilines is 1. The largest absolute Gasteiger partial charge is 0.493 e. The Morgan fingerprint density at radius 2 is 1.96 bits per heavy atom. The molecule has 0 radical (unpaired) electrons. The summed E-state index contributed by atoms with van der Waals surface area (Å²) in [5.41, 5.74) is 1.61. The van der Waals surface area contributed by atoms with E-state index in [-0.39, 0.29) is 12.5 Å². The van der Waals surface area contributed by atoms with Crippen LogP contribution < -0.4 is 19.5 Å². The lowest BCUT2D eigenvalue weighted by Crippen LogP contribution is -2.20. The van der Waals surface area contributed by atoms with Gasteiger partial charge in [0.25, 0.3) is 5.91 Å². The molecule has 0 aliphatic rings. The van der Waals surface area contributed by atoms with Crippen LogP contribution in [0.2, 0.25) is 0 Å². The summed E-state index contributed by atoms with van der Waals surface area (Å²) in [6, 6.07) is 12.9. The predicted molar refractivity (Wildman–Crippen MR) is 109 cm³/mol. The number of carbonyl (C=O) groups is 1. The van der Waals surface area contributed by atoms with Gasteiger partial charge < -0.3 is 14.2 Å². The zero-order chi connectivity index (χ0) is 19.2. The molecule has 0 unspecified atom stereocenters. The molecule has 1 amide bonds. The molecule has 1 aromatic heterocycles. The number of rotatable bonds is 7. The number of benzene rings is 2. The number of amides is 1. The van der Waals surface area contributed by atoms with Gasteiger partial charge in [-0.2, -0.15) is 0 Å². The van der Waals surface area contributed by atoms with Crippen molar-refractivity contribution in [2.45, 2.75) is 0 Å². The fourth-order valence-electron chi connectivity index (χ4n) is 2.32. The molecular formula is C19H17BrN2O4S. The van der Waals surface area contributed by atoms with Crippen LogP contribution in [0.15, 0.2) is 52.3 Å². The molecule has 27 heavy (non-hydrogen) atoms. The highest BCUT2D eigenvalue weighted by Gasteiger charge is 2.11. The number of methoxy groups -OCH3 is 2. The van der Waals surface area contributed by atoms with E-state index in [0.717, 1.165) is 15.7 Å². The molecule has 0 spiro atoms. The first-order valence-electron chi connectivity index (χ1n) is 7.95. The summed E-state index contributed by atoms with van der Waals surface area (Å²) in [4.78, 5) is 16.5. The summed E-state index contributed by atoms with van der Waals surface area (Å²) < 4.78 is 16.9. The van der Waals surface area contributed by atoms with Crippen LogP contribution in [0.1, 0.15) is 0 Å². The molecule has 0 fully saturated rings. The Hall–Kier alpha value is -2.58. The molecule has 8 heteroatoms. The molecule has 2 aromatic carbocycles. The van der Waals surface area contributed by atoms with E-state index in [1.165, 1.54) is 11.3 Å². The van der Waals surface area contributed by atoms with Crippen molar-refractivity contribution in [3.05, 3.63) is 52.3 Å². The molecular weight excluding hydrogens is 432 g/mol. The van der Waals surface area contributed by atoms with Gasteiger partial charge in [-0.3, -0.25) is 10.1 Å². The van der Waals surface area contributed by atoms with Crippen LogP contribution in [0.5, 0.6) is 17.2 Å². The SMILES string of the molecule is COc1ccc(-c2csc(NC(=O)COc3cccc(Br)c3)n2)cc1OC. The smallest absolute Gasteiger partial charge is 0.264 e. The van der Waals surface area contributed by atoms with Crippen molar-refractivity contribution in [1.82, 2.24) is 4.98 Å². The van der Waals surface area contributed by atoms with Gasteiger partial charge in [-0.25, -0.2) is 4.98 Å². The van der Waals surface area contributed by atoms with Gasteiger partial charge in [-0.1, -0.05) is 22.0 Å². The van der Waals surface area contributed by atoms with Crippen molar-refractivity contribution in [2.75, 3.05) is 26.1 Å². The van der Waals surface area contributed by atoms with Crippen molar-refractivity contribution in [3.63, 3.8) is 0 Å². The van der Waals surface area contributed by atoms with E-state index >= 15 is 0 Å². The van der Waals surface area contributed by atoms with Crippen LogP contribution >= 0.6 is 27.3 Å². The maximum Gasteiger partial charge on any atom is 0.264 e. The van der Waals surface area contributed by atoms with E-state index in [1.807, 2.05) is 35.7 Å². The molecule has 3 aromatic rings. The first-order chi connectivity index (χ1) is 13.1. The Kier molecular flexibility index (Phi) is 6.31. The molecule has 0 aliphatic heterocycles. The number of nitrogens with zero attached hydrogens (tertiary/aromatic N) is 1. The third-order valence-electron chi connectivity index (χ3n) is 3.60.